The molecule has 9 heterocycles. The highest BCUT2D eigenvalue weighted by molar-refractivity contribution is 6.24. The highest BCUT2D eigenvalue weighted by atomic mass is 19.1. The Bertz CT molecular complexity index is 3880. The minimum atomic E-state index is -1.07. The van der Waals surface area contributed by atoms with Gasteiger partial charge in [0.2, 0.25) is 17.7 Å². The van der Waals surface area contributed by atoms with Gasteiger partial charge in [-0.3, -0.25) is 53.3 Å². The Morgan fingerprint density at radius 1 is 0.770 bits per heavy atom. The van der Waals surface area contributed by atoms with Crippen LogP contribution < -0.4 is 25.8 Å². The van der Waals surface area contributed by atoms with Gasteiger partial charge in [-0.2, -0.15) is 5.10 Å². The highest BCUT2D eigenvalue weighted by Crippen LogP contribution is 2.52. The van der Waals surface area contributed by atoms with Crippen molar-refractivity contribution in [3.63, 3.8) is 0 Å². The van der Waals surface area contributed by atoms with Crippen molar-refractivity contribution in [3.05, 3.63) is 112 Å². The summed E-state index contributed by atoms with van der Waals surface area (Å²) in [4.78, 5) is 130. The molecule has 3 aromatic carbocycles. The van der Waals surface area contributed by atoms with Gasteiger partial charge >= 0.3 is 0 Å². The van der Waals surface area contributed by atoms with Crippen LogP contribution in [-0.2, 0) is 26.8 Å². The highest BCUT2D eigenvalue weighted by Gasteiger charge is 2.56. The van der Waals surface area contributed by atoms with Crippen LogP contribution >= 0.6 is 0 Å². The van der Waals surface area contributed by atoms with Gasteiger partial charge in [0.05, 0.1) is 39.8 Å². The van der Waals surface area contributed by atoms with E-state index in [1.807, 2.05) is 60.3 Å². The van der Waals surface area contributed by atoms with Gasteiger partial charge in [0, 0.05) is 105 Å². The third-order valence-corrected chi connectivity index (χ3v) is 19.0. The molecule has 3 N–H and O–H groups in total. The second-order valence-corrected chi connectivity index (χ2v) is 25.0. The molecule has 4 saturated heterocycles. The van der Waals surface area contributed by atoms with Crippen molar-refractivity contribution >= 4 is 81.2 Å². The number of amides is 8. The van der Waals surface area contributed by atoms with E-state index in [1.54, 1.807) is 48.3 Å². The maximum Gasteiger partial charge on any atom is 0.274 e. The number of aromatic nitrogens is 5. The van der Waals surface area contributed by atoms with E-state index in [4.69, 9.17) is 9.97 Å². The summed E-state index contributed by atoms with van der Waals surface area (Å²) in [6, 6.07) is 16.5. The van der Waals surface area contributed by atoms with Crippen molar-refractivity contribution in [1.29, 1.82) is 0 Å². The van der Waals surface area contributed by atoms with E-state index >= 15 is 9.18 Å². The van der Waals surface area contributed by atoms with Gasteiger partial charge in [-0.15, -0.1) is 0 Å². The lowest BCUT2D eigenvalue weighted by Gasteiger charge is -2.48. The van der Waals surface area contributed by atoms with E-state index in [9.17, 15) is 33.6 Å². The Labute approximate surface area is 502 Å². The molecule has 23 heteroatoms. The Morgan fingerprint density at radius 3 is 2.21 bits per heavy atom. The number of benzene rings is 3. The molecule has 8 amide bonds. The number of hydrogen-bond donors (Lipinski definition) is 3. The van der Waals surface area contributed by atoms with Gasteiger partial charge in [0.25, 0.3) is 29.5 Å². The lowest BCUT2D eigenvalue weighted by molar-refractivity contribution is -0.136. The number of nitrogens with one attached hydrogen (secondary N) is 3. The number of imidazole rings is 1. The molecule has 3 aromatic heterocycles. The number of imide groups is 2. The third-order valence-electron chi connectivity index (χ3n) is 19.0. The fourth-order valence-corrected chi connectivity index (χ4v) is 14.1. The van der Waals surface area contributed by atoms with Gasteiger partial charge in [0.1, 0.15) is 23.1 Å². The molecule has 1 spiro atoms. The van der Waals surface area contributed by atoms with Crippen molar-refractivity contribution in [1.82, 2.24) is 54.5 Å². The fraction of sp³-hybridized carbons (Fsp3) is 0.453. The number of carbonyl (C=O) groups is 8. The van der Waals surface area contributed by atoms with E-state index in [2.05, 4.69) is 32.0 Å². The third kappa shape index (κ3) is 9.96. The Hall–Kier alpha value is -8.86. The van der Waals surface area contributed by atoms with Gasteiger partial charge in [-0.1, -0.05) is 18.6 Å². The Morgan fingerprint density at radius 2 is 1.49 bits per heavy atom. The van der Waals surface area contributed by atoms with Crippen LogP contribution in [0.15, 0.2) is 67.0 Å². The number of anilines is 4. The predicted molar refractivity (Wildman–Crippen MR) is 321 cm³/mol. The number of carbonyl (C=O) groups excluding carboxylic acids is 8. The van der Waals surface area contributed by atoms with Crippen LogP contribution in [0.25, 0.3) is 22.3 Å². The van der Waals surface area contributed by atoms with Crippen LogP contribution in [0, 0.1) is 12.7 Å². The van der Waals surface area contributed by atoms with Crippen LogP contribution in [-0.4, -0.2) is 168 Å². The van der Waals surface area contributed by atoms with Gasteiger partial charge in [-0.25, -0.2) is 14.4 Å². The van der Waals surface area contributed by atoms with Gasteiger partial charge in [-0.05, 0) is 146 Å². The lowest BCUT2D eigenvalue weighted by atomic mass is 9.73. The largest absolute Gasteiger partial charge is 0.368 e. The summed E-state index contributed by atoms with van der Waals surface area (Å²) < 4.78 is 19.4. The Kier molecular flexibility index (Phi) is 14.6. The molecule has 1 saturated carbocycles. The maximum absolute atomic E-state index is 16.0. The monoisotopic (exact) mass is 1180 g/mol. The smallest absolute Gasteiger partial charge is 0.274 e. The molecule has 1 unspecified atom stereocenters. The number of halogens is 1. The second kappa shape index (κ2) is 22.1. The number of rotatable bonds is 12. The molecule has 5 fully saturated rings. The average molecular weight is 1180 g/mol. The SMILES string of the molecule is Cc1cc(F)c(Nc2nc(-c3ccc4c(c3)N(C3CC(N5CCCCC5)C3)C(=O)C43CCN(C(=O)c4cc(C(=O)N5CCN(c6ccc7c(c6)C(=O)N(C6CCC(=O)NC6=O)C7=O)CC5)n(C)n4)CC3)cc3ncn(C(C)C)c23)cc1C(=O)NC(C)C. The van der Waals surface area contributed by atoms with Crippen molar-refractivity contribution in [2.45, 2.75) is 128 Å². The summed E-state index contributed by atoms with van der Waals surface area (Å²) >= 11 is 0. The Balaban J connectivity index is 0.724. The predicted octanol–water partition coefficient (Wildman–Crippen LogP) is 6.64. The van der Waals surface area contributed by atoms with Crippen molar-refractivity contribution in [3.8, 4) is 11.3 Å². The zero-order chi connectivity index (χ0) is 60.9. The first-order chi connectivity index (χ1) is 41.8. The molecule has 13 rings (SSSR count). The zero-order valence-electron chi connectivity index (χ0n) is 49.8. The summed E-state index contributed by atoms with van der Waals surface area (Å²) in [5.41, 5.74) is 5.77. The van der Waals surface area contributed by atoms with E-state index in [0.717, 1.165) is 47.6 Å². The summed E-state index contributed by atoms with van der Waals surface area (Å²) in [6.45, 7) is 13.7. The van der Waals surface area contributed by atoms with Crippen LogP contribution in [0.5, 0.6) is 0 Å². The van der Waals surface area contributed by atoms with Crippen molar-refractivity contribution < 1.29 is 42.7 Å². The molecule has 6 aromatic rings. The first-order valence-corrected chi connectivity index (χ1v) is 30.5. The first kappa shape index (κ1) is 57.2. The number of nitrogens with zero attached hydrogens (tertiary/aromatic N) is 11. The number of fused-ring (bicyclic) bond motifs is 4. The number of hydrogen-bond acceptors (Lipinski definition) is 14. The molecule has 7 aliphatic rings. The van der Waals surface area contributed by atoms with Gasteiger partial charge < -0.3 is 39.7 Å². The fourth-order valence-electron chi connectivity index (χ4n) is 14.1. The van der Waals surface area contributed by atoms with E-state index < -0.39 is 40.9 Å². The summed E-state index contributed by atoms with van der Waals surface area (Å²) in [6.07, 6.45) is 7.86. The van der Waals surface area contributed by atoms with E-state index in [1.165, 1.54) is 42.1 Å². The topological polar surface area (TPSA) is 241 Å². The van der Waals surface area contributed by atoms with Crippen molar-refractivity contribution in [2.24, 2.45) is 7.05 Å². The molecule has 1 aliphatic carbocycles. The number of likely N-dealkylation sites (tertiary alicyclic amines) is 2. The molecule has 452 valence electrons. The minimum Gasteiger partial charge on any atom is -0.368 e. The van der Waals surface area contributed by atoms with Crippen LogP contribution in [0.3, 0.4) is 0 Å². The second-order valence-electron chi connectivity index (χ2n) is 25.0. The van der Waals surface area contributed by atoms with Crippen LogP contribution in [0.4, 0.5) is 27.3 Å². The molecule has 87 heavy (non-hydrogen) atoms. The van der Waals surface area contributed by atoms with Crippen LogP contribution in [0.2, 0.25) is 0 Å². The van der Waals surface area contributed by atoms with Gasteiger partial charge in [0.15, 0.2) is 11.5 Å². The summed E-state index contributed by atoms with van der Waals surface area (Å²) in [5.74, 6) is -3.39. The number of piperazine rings is 1. The molecule has 1 atom stereocenters. The molecule has 6 aliphatic heterocycles. The zero-order valence-corrected chi connectivity index (χ0v) is 49.8. The first-order valence-electron chi connectivity index (χ1n) is 30.5. The average Bonchev–Trinajstić information content (AvgIpc) is 1.61. The molecule has 0 bridgehead atoms. The molecule has 22 nitrogen and oxygen atoms in total. The minimum absolute atomic E-state index is 0.0141. The lowest BCUT2D eigenvalue weighted by Crippen LogP contribution is -2.58. The molecular weight excluding hydrogens is 1110 g/mol. The maximum atomic E-state index is 16.0. The number of piperidine rings is 3. The van der Waals surface area contributed by atoms with Crippen LogP contribution in [0.1, 0.15) is 155 Å². The quantitative estimate of drug-likeness (QED) is 0.109. The summed E-state index contributed by atoms with van der Waals surface area (Å²) in [7, 11) is 1.64. The standard InChI is InChI=1S/C64H71FN14O8/c1-35(2)67-57(81)43-31-48(46(65)26-37(43)5)69-56-55-49(66-34-77(55)36(3)4)32-47(68-56)38-10-13-45-52(27-38)78(41-28-40(29-41)73-18-8-7-9-19-73)63(87)64(45)16-20-75(21-17-64)61(85)50-33-53(72(6)71-50)62(86)76-24-22-74(23-25-76)39-11-12-42-44(30-39)60(84)79(59(42)83)51-14-15-54(80)70-58(51)82/h10-13,26-27,30-36,40-41,51H,7-9,14-25,28-29H2,1-6H3,(H,67,81)(H,68,69)(H,70,80,82). The molecule has 0 radical (unpaired) electrons. The normalized spacial score (nSPS) is 21.3. The van der Waals surface area contributed by atoms with E-state index in [-0.39, 0.29) is 95.9 Å². The number of pyridine rings is 1. The van der Waals surface area contributed by atoms with Crippen molar-refractivity contribution in [2.75, 3.05) is 67.5 Å². The number of aryl methyl sites for hydroxylation is 2. The van der Waals surface area contributed by atoms with E-state index in [0.29, 0.717) is 84.4 Å². The molecular formula is C64H71FN14O8. The summed E-state index contributed by atoms with van der Waals surface area (Å²) in [5, 5.41) is 13.0.